The Hall–Kier alpha value is -0.100. The lowest BCUT2D eigenvalue weighted by Gasteiger charge is -2.29. The summed E-state index contributed by atoms with van der Waals surface area (Å²) >= 11 is 7.02. The summed E-state index contributed by atoms with van der Waals surface area (Å²) < 4.78 is 27.0. The number of hydrogen-bond donors (Lipinski definition) is 0. The summed E-state index contributed by atoms with van der Waals surface area (Å²) in [6, 6.07) is 3.58. The number of piperidine rings is 1. The standard InChI is InChI=1S/C12H18ClNO2S2/c1-10-3-2-8-14(9-10)18(15,16)12-5-4-11(17-12)6-7-13/h4-5,10H,2-3,6-9H2,1H3. The third-order valence-electron chi connectivity index (χ3n) is 3.19. The van der Waals surface area contributed by atoms with Gasteiger partial charge in [0.2, 0.25) is 0 Å². The van der Waals surface area contributed by atoms with Crippen molar-refractivity contribution in [3.8, 4) is 0 Å². The van der Waals surface area contributed by atoms with E-state index in [4.69, 9.17) is 11.6 Å². The maximum absolute atomic E-state index is 12.5. The van der Waals surface area contributed by atoms with Gasteiger partial charge in [0.05, 0.1) is 0 Å². The van der Waals surface area contributed by atoms with Gasteiger partial charge in [-0.25, -0.2) is 8.42 Å². The van der Waals surface area contributed by atoms with E-state index in [0.29, 0.717) is 29.1 Å². The summed E-state index contributed by atoms with van der Waals surface area (Å²) in [6.07, 6.45) is 2.81. The van der Waals surface area contributed by atoms with Crippen LogP contribution in [-0.4, -0.2) is 31.7 Å². The lowest BCUT2D eigenvalue weighted by atomic mass is 10.0. The minimum Gasteiger partial charge on any atom is -0.206 e. The van der Waals surface area contributed by atoms with Crippen LogP contribution in [0.1, 0.15) is 24.6 Å². The quantitative estimate of drug-likeness (QED) is 0.802. The molecule has 0 amide bonds. The number of halogens is 1. The molecule has 1 aliphatic heterocycles. The van der Waals surface area contributed by atoms with Gasteiger partial charge in [0.15, 0.2) is 0 Å². The Morgan fingerprint density at radius 3 is 2.94 bits per heavy atom. The van der Waals surface area contributed by atoms with Crippen molar-refractivity contribution in [3.05, 3.63) is 17.0 Å². The molecule has 2 rings (SSSR count). The molecular formula is C12H18ClNO2S2. The molecular weight excluding hydrogens is 290 g/mol. The number of nitrogens with zero attached hydrogens (tertiary/aromatic N) is 1. The minimum atomic E-state index is -3.28. The van der Waals surface area contributed by atoms with Crippen LogP contribution >= 0.6 is 22.9 Å². The predicted octanol–water partition coefficient (Wildman–Crippen LogP) is 2.95. The van der Waals surface area contributed by atoms with Crippen molar-refractivity contribution in [1.29, 1.82) is 0 Å². The Morgan fingerprint density at radius 2 is 2.28 bits per heavy atom. The molecule has 0 bridgehead atoms. The minimum absolute atomic E-state index is 0.454. The monoisotopic (exact) mass is 307 g/mol. The molecule has 102 valence electrons. The number of aryl methyl sites for hydroxylation is 1. The first-order valence-electron chi connectivity index (χ1n) is 6.19. The van der Waals surface area contributed by atoms with E-state index >= 15 is 0 Å². The van der Waals surface area contributed by atoms with Crippen molar-refractivity contribution in [2.45, 2.75) is 30.4 Å². The fraction of sp³-hybridized carbons (Fsp3) is 0.667. The van der Waals surface area contributed by atoms with Crippen LogP contribution in [0.4, 0.5) is 0 Å². The van der Waals surface area contributed by atoms with Crippen molar-refractivity contribution < 1.29 is 8.42 Å². The Morgan fingerprint density at radius 1 is 1.50 bits per heavy atom. The molecule has 0 aliphatic carbocycles. The van der Waals surface area contributed by atoms with Crippen LogP contribution in [0, 0.1) is 5.92 Å². The van der Waals surface area contributed by atoms with Crippen LogP contribution in [0.3, 0.4) is 0 Å². The Kier molecular flexibility index (Phi) is 4.69. The zero-order valence-corrected chi connectivity index (χ0v) is 12.8. The van der Waals surface area contributed by atoms with E-state index in [-0.39, 0.29) is 0 Å². The van der Waals surface area contributed by atoms with Crippen molar-refractivity contribution in [2.24, 2.45) is 5.92 Å². The molecule has 1 unspecified atom stereocenters. The van der Waals surface area contributed by atoms with Crippen LogP contribution in [0.15, 0.2) is 16.3 Å². The maximum Gasteiger partial charge on any atom is 0.252 e. The lowest BCUT2D eigenvalue weighted by Crippen LogP contribution is -2.38. The highest BCUT2D eigenvalue weighted by atomic mass is 35.5. The largest absolute Gasteiger partial charge is 0.252 e. The maximum atomic E-state index is 12.5. The highest BCUT2D eigenvalue weighted by molar-refractivity contribution is 7.91. The third kappa shape index (κ3) is 3.07. The van der Waals surface area contributed by atoms with Gasteiger partial charge in [-0.15, -0.1) is 22.9 Å². The second-order valence-corrected chi connectivity index (χ2v) is 8.48. The van der Waals surface area contributed by atoms with Crippen molar-refractivity contribution >= 4 is 33.0 Å². The molecule has 1 fully saturated rings. The van der Waals surface area contributed by atoms with E-state index in [1.165, 1.54) is 11.3 Å². The van der Waals surface area contributed by atoms with E-state index in [0.717, 1.165) is 24.1 Å². The SMILES string of the molecule is CC1CCCN(S(=O)(=O)c2ccc(CCCl)s2)C1. The van der Waals surface area contributed by atoms with Crippen molar-refractivity contribution in [1.82, 2.24) is 4.31 Å². The van der Waals surface area contributed by atoms with Crippen LogP contribution < -0.4 is 0 Å². The number of thiophene rings is 1. The molecule has 0 aromatic carbocycles. The molecule has 18 heavy (non-hydrogen) atoms. The normalized spacial score (nSPS) is 22.2. The summed E-state index contributed by atoms with van der Waals surface area (Å²) in [5, 5.41) is 0. The Labute approximate surface area is 118 Å². The number of alkyl halides is 1. The van der Waals surface area contributed by atoms with E-state index in [1.807, 2.05) is 6.07 Å². The van der Waals surface area contributed by atoms with Gasteiger partial charge in [-0.2, -0.15) is 4.31 Å². The fourth-order valence-electron chi connectivity index (χ4n) is 2.22. The first kappa shape index (κ1) is 14.3. The van der Waals surface area contributed by atoms with Gasteiger partial charge in [-0.05, 0) is 37.3 Å². The summed E-state index contributed by atoms with van der Waals surface area (Å²) in [5.41, 5.74) is 0. The average Bonchev–Trinajstić information content (AvgIpc) is 2.79. The lowest BCUT2D eigenvalue weighted by molar-refractivity contribution is 0.281. The molecule has 2 heterocycles. The first-order valence-corrected chi connectivity index (χ1v) is 8.98. The molecule has 1 aromatic heterocycles. The second kappa shape index (κ2) is 5.90. The van der Waals surface area contributed by atoms with Gasteiger partial charge in [0.1, 0.15) is 4.21 Å². The van der Waals surface area contributed by atoms with Gasteiger partial charge in [0.25, 0.3) is 10.0 Å². The van der Waals surface area contributed by atoms with Gasteiger partial charge in [-0.3, -0.25) is 0 Å². The Balaban J connectivity index is 2.18. The second-order valence-electron chi connectivity index (χ2n) is 4.77. The molecule has 1 atom stereocenters. The van der Waals surface area contributed by atoms with Crippen LogP contribution in [-0.2, 0) is 16.4 Å². The van der Waals surface area contributed by atoms with Crippen molar-refractivity contribution in [3.63, 3.8) is 0 Å². The first-order chi connectivity index (χ1) is 8.54. The van der Waals surface area contributed by atoms with E-state index in [1.54, 1.807) is 10.4 Å². The van der Waals surface area contributed by atoms with E-state index in [2.05, 4.69) is 6.92 Å². The third-order valence-corrected chi connectivity index (χ3v) is 6.86. The molecule has 1 aliphatic rings. The summed E-state index contributed by atoms with van der Waals surface area (Å²) in [5.74, 6) is 0.983. The molecule has 0 spiro atoms. The fourth-order valence-corrected chi connectivity index (χ4v) is 5.64. The van der Waals surface area contributed by atoms with Gasteiger partial charge in [0, 0.05) is 23.8 Å². The van der Waals surface area contributed by atoms with Gasteiger partial charge in [-0.1, -0.05) is 6.92 Å². The number of rotatable bonds is 4. The molecule has 3 nitrogen and oxygen atoms in total. The topological polar surface area (TPSA) is 37.4 Å². The summed E-state index contributed by atoms with van der Waals surface area (Å²) in [7, 11) is -3.28. The highest BCUT2D eigenvalue weighted by Gasteiger charge is 2.29. The zero-order valence-electron chi connectivity index (χ0n) is 10.4. The molecule has 0 radical (unpaired) electrons. The number of sulfonamides is 1. The smallest absolute Gasteiger partial charge is 0.206 e. The molecule has 1 saturated heterocycles. The average molecular weight is 308 g/mol. The summed E-state index contributed by atoms with van der Waals surface area (Å²) in [6.45, 7) is 3.40. The predicted molar refractivity (Wildman–Crippen MR) is 75.9 cm³/mol. The van der Waals surface area contributed by atoms with E-state index < -0.39 is 10.0 Å². The van der Waals surface area contributed by atoms with Crippen molar-refractivity contribution in [2.75, 3.05) is 19.0 Å². The highest BCUT2D eigenvalue weighted by Crippen LogP contribution is 2.28. The molecule has 6 heteroatoms. The zero-order chi connectivity index (χ0) is 13.2. The van der Waals surface area contributed by atoms with E-state index in [9.17, 15) is 8.42 Å². The van der Waals surface area contributed by atoms with Gasteiger partial charge >= 0.3 is 0 Å². The molecule has 0 saturated carbocycles. The van der Waals surface area contributed by atoms with Gasteiger partial charge < -0.3 is 0 Å². The molecule has 1 aromatic rings. The summed E-state index contributed by atoms with van der Waals surface area (Å²) in [4.78, 5) is 1.04. The Bertz CT molecular complexity index is 498. The molecule has 0 N–H and O–H groups in total. The van der Waals surface area contributed by atoms with Crippen LogP contribution in [0.5, 0.6) is 0 Å². The number of hydrogen-bond acceptors (Lipinski definition) is 3. The van der Waals surface area contributed by atoms with Crippen LogP contribution in [0.25, 0.3) is 0 Å². The van der Waals surface area contributed by atoms with Crippen LogP contribution in [0.2, 0.25) is 0 Å².